The summed E-state index contributed by atoms with van der Waals surface area (Å²) in [4.78, 5) is 10.4. The van der Waals surface area contributed by atoms with Gasteiger partial charge in [0.2, 0.25) is 0 Å². The van der Waals surface area contributed by atoms with Crippen molar-refractivity contribution in [3.63, 3.8) is 0 Å². The Hall–Kier alpha value is -6.84. The minimum atomic E-state index is 0.678. The molecule has 0 saturated heterocycles. The molecule has 2 heterocycles. The van der Waals surface area contributed by atoms with Crippen LogP contribution >= 0.6 is 0 Å². The van der Waals surface area contributed by atoms with Gasteiger partial charge in [-0.3, -0.25) is 0 Å². The fourth-order valence-corrected chi connectivity index (χ4v) is 7.41. The van der Waals surface area contributed by atoms with Crippen LogP contribution in [0.4, 0.5) is 0 Å². The Labute approximate surface area is 295 Å². The van der Waals surface area contributed by atoms with E-state index in [0.717, 1.165) is 66.7 Å². The summed E-state index contributed by atoms with van der Waals surface area (Å²) >= 11 is 0. The summed E-state index contributed by atoms with van der Waals surface area (Å²) in [6.45, 7) is 0. The van der Waals surface area contributed by atoms with Gasteiger partial charge in [0.1, 0.15) is 11.2 Å². The molecular formula is C48H30N2O. The predicted octanol–water partition coefficient (Wildman–Crippen LogP) is 13.0. The lowest BCUT2D eigenvalue weighted by atomic mass is 9.93. The molecule has 0 amide bonds. The van der Waals surface area contributed by atoms with Crippen molar-refractivity contribution in [1.29, 1.82) is 0 Å². The molecule has 2 aromatic heterocycles. The lowest BCUT2D eigenvalue weighted by Crippen LogP contribution is -1.96. The Bertz CT molecular complexity index is 2890. The summed E-state index contributed by atoms with van der Waals surface area (Å²) in [5.74, 6) is 0.678. The van der Waals surface area contributed by atoms with Crippen LogP contribution in [0.15, 0.2) is 186 Å². The first-order valence-electron chi connectivity index (χ1n) is 17.2. The van der Waals surface area contributed by atoms with Crippen molar-refractivity contribution in [1.82, 2.24) is 9.97 Å². The highest BCUT2D eigenvalue weighted by Crippen LogP contribution is 2.42. The van der Waals surface area contributed by atoms with Crippen molar-refractivity contribution >= 4 is 43.5 Å². The third kappa shape index (κ3) is 5.06. The van der Waals surface area contributed by atoms with Gasteiger partial charge in [-0.15, -0.1) is 0 Å². The predicted molar refractivity (Wildman–Crippen MR) is 212 cm³/mol. The molecule has 3 heteroatoms. The molecule has 51 heavy (non-hydrogen) atoms. The second-order valence-corrected chi connectivity index (χ2v) is 13.0. The van der Waals surface area contributed by atoms with E-state index in [-0.39, 0.29) is 0 Å². The van der Waals surface area contributed by atoms with Crippen molar-refractivity contribution < 1.29 is 4.42 Å². The molecule has 0 aliphatic carbocycles. The molecule has 10 aromatic rings. The molecule has 0 aliphatic heterocycles. The summed E-state index contributed by atoms with van der Waals surface area (Å²) < 4.78 is 6.56. The monoisotopic (exact) mass is 650 g/mol. The molecule has 3 nitrogen and oxygen atoms in total. The first kappa shape index (κ1) is 29.1. The van der Waals surface area contributed by atoms with Crippen LogP contribution in [0, 0.1) is 0 Å². The van der Waals surface area contributed by atoms with Crippen molar-refractivity contribution in [3.05, 3.63) is 182 Å². The first-order valence-corrected chi connectivity index (χ1v) is 17.2. The van der Waals surface area contributed by atoms with Crippen molar-refractivity contribution in [2.24, 2.45) is 0 Å². The number of fused-ring (bicyclic) bond motifs is 6. The minimum Gasteiger partial charge on any atom is -0.456 e. The fraction of sp³-hybridized carbons (Fsp3) is 0. The average Bonchev–Trinajstić information content (AvgIpc) is 3.60. The van der Waals surface area contributed by atoms with Gasteiger partial charge < -0.3 is 4.42 Å². The highest BCUT2D eigenvalue weighted by atomic mass is 16.3. The molecule has 0 aliphatic rings. The molecule has 0 radical (unpaired) electrons. The number of hydrogen-bond acceptors (Lipinski definition) is 3. The van der Waals surface area contributed by atoms with Gasteiger partial charge in [-0.25, -0.2) is 9.97 Å². The maximum Gasteiger partial charge on any atom is 0.160 e. The number of benzene rings is 8. The largest absolute Gasteiger partial charge is 0.456 e. The van der Waals surface area contributed by atoms with Gasteiger partial charge in [0, 0.05) is 27.5 Å². The first-order chi connectivity index (χ1) is 25.3. The molecule has 0 N–H and O–H groups in total. The standard InChI is InChI=1S/C48H30N2O/c1-3-11-31(12-4-1)32-21-24-35(25-22-32)48-49-42(34-14-5-2-6-15-34)30-43(50-48)41-18-10-20-45-47(41)46-40(17-9-19-44(46)51-45)37-27-28-39-36(29-37)26-23-33-13-7-8-16-38(33)39/h1-30H. The van der Waals surface area contributed by atoms with Gasteiger partial charge in [0.05, 0.1) is 11.4 Å². The number of furan rings is 1. The maximum absolute atomic E-state index is 6.56. The molecule has 0 unspecified atom stereocenters. The Morgan fingerprint density at radius 1 is 0.333 bits per heavy atom. The summed E-state index contributed by atoms with van der Waals surface area (Å²) in [5, 5.41) is 7.10. The number of aromatic nitrogens is 2. The number of nitrogens with zero attached hydrogens (tertiary/aromatic N) is 2. The minimum absolute atomic E-state index is 0.678. The smallest absolute Gasteiger partial charge is 0.160 e. The molecule has 10 rings (SSSR count). The Morgan fingerprint density at radius 2 is 0.902 bits per heavy atom. The second-order valence-electron chi connectivity index (χ2n) is 13.0. The number of rotatable bonds is 5. The molecule has 0 saturated carbocycles. The molecule has 0 atom stereocenters. The van der Waals surface area contributed by atoms with Crippen LogP contribution in [0.3, 0.4) is 0 Å². The number of hydrogen-bond donors (Lipinski definition) is 0. The van der Waals surface area contributed by atoms with E-state index in [1.54, 1.807) is 0 Å². The van der Waals surface area contributed by atoms with Gasteiger partial charge >= 0.3 is 0 Å². The summed E-state index contributed by atoms with van der Waals surface area (Å²) in [6, 6.07) is 63.8. The van der Waals surface area contributed by atoms with Crippen LogP contribution in [-0.4, -0.2) is 9.97 Å². The normalized spacial score (nSPS) is 11.5. The van der Waals surface area contributed by atoms with Crippen LogP contribution in [0.5, 0.6) is 0 Å². The van der Waals surface area contributed by atoms with Crippen LogP contribution in [0.1, 0.15) is 0 Å². The van der Waals surface area contributed by atoms with E-state index in [1.165, 1.54) is 27.1 Å². The summed E-state index contributed by atoms with van der Waals surface area (Å²) in [5.41, 5.74) is 11.0. The van der Waals surface area contributed by atoms with E-state index in [4.69, 9.17) is 14.4 Å². The molecular weight excluding hydrogens is 621 g/mol. The van der Waals surface area contributed by atoms with Crippen LogP contribution in [0.25, 0.3) is 99.6 Å². The van der Waals surface area contributed by atoms with E-state index >= 15 is 0 Å². The third-order valence-corrected chi connectivity index (χ3v) is 9.90. The van der Waals surface area contributed by atoms with Gasteiger partial charge in [-0.05, 0) is 68.1 Å². The van der Waals surface area contributed by atoms with Gasteiger partial charge in [-0.2, -0.15) is 0 Å². The molecule has 0 fully saturated rings. The highest BCUT2D eigenvalue weighted by Gasteiger charge is 2.19. The molecule has 238 valence electrons. The van der Waals surface area contributed by atoms with E-state index in [2.05, 4.69) is 158 Å². The van der Waals surface area contributed by atoms with Gasteiger partial charge in [0.25, 0.3) is 0 Å². The average molecular weight is 651 g/mol. The van der Waals surface area contributed by atoms with Gasteiger partial charge in [-0.1, -0.05) is 158 Å². The van der Waals surface area contributed by atoms with Crippen molar-refractivity contribution in [3.8, 4) is 56.2 Å². The molecule has 0 spiro atoms. The lowest BCUT2D eigenvalue weighted by Gasteiger charge is -2.12. The second kappa shape index (κ2) is 11.9. The fourth-order valence-electron chi connectivity index (χ4n) is 7.41. The van der Waals surface area contributed by atoms with E-state index in [9.17, 15) is 0 Å². The lowest BCUT2D eigenvalue weighted by molar-refractivity contribution is 0.669. The maximum atomic E-state index is 6.56. The zero-order valence-corrected chi connectivity index (χ0v) is 27.6. The third-order valence-electron chi connectivity index (χ3n) is 9.90. The SMILES string of the molecule is c1ccc(-c2ccc(-c3nc(-c4ccccc4)cc(-c4cccc5oc6cccc(-c7ccc8c(ccc9ccccc98)c7)c6c45)n3)cc2)cc1. The van der Waals surface area contributed by atoms with Crippen molar-refractivity contribution in [2.75, 3.05) is 0 Å². The molecule has 0 bridgehead atoms. The zero-order valence-electron chi connectivity index (χ0n) is 27.6. The quantitative estimate of drug-likeness (QED) is 0.174. The van der Waals surface area contributed by atoms with E-state index in [0.29, 0.717) is 5.82 Å². The Balaban J connectivity index is 1.17. The van der Waals surface area contributed by atoms with Crippen LogP contribution in [-0.2, 0) is 0 Å². The van der Waals surface area contributed by atoms with Crippen LogP contribution < -0.4 is 0 Å². The van der Waals surface area contributed by atoms with Crippen LogP contribution in [0.2, 0.25) is 0 Å². The zero-order chi connectivity index (χ0) is 33.7. The van der Waals surface area contributed by atoms with Crippen molar-refractivity contribution in [2.45, 2.75) is 0 Å². The molecule has 8 aromatic carbocycles. The highest BCUT2D eigenvalue weighted by molar-refractivity contribution is 6.18. The van der Waals surface area contributed by atoms with E-state index in [1.807, 2.05) is 24.3 Å². The van der Waals surface area contributed by atoms with E-state index < -0.39 is 0 Å². The Kier molecular flexibility index (Phi) is 6.81. The summed E-state index contributed by atoms with van der Waals surface area (Å²) in [6.07, 6.45) is 0. The topological polar surface area (TPSA) is 38.9 Å². The van der Waals surface area contributed by atoms with Gasteiger partial charge in [0.15, 0.2) is 5.82 Å². The summed E-state index contributed by atoms with van der Waals surface area (Å²) in [7, 11) is 0. The Morgan fingerprint density at radius 3 is 1.69 bits per heavy atom.